The summed E-state index contributed by atoms with van der Waals surface area (Å²) in [5.74, 6) is 0.716. The van der Waals surface area contributed by atoms with Gasteiger partial charge in [-0.2, -0.15) is 0 Å². The van der Waals surface area contributed by atoms with Crippen molar-refractivity contribution in [3.8, 4) is 0 Å². The summed E-state index contributed by atoms with van der Waals surface area (Å²) in [4.78, 5) is 10.8. The van der Waals surface area contributed by atoms with Crippen LogP contribution < -0.4 is 0 Å². The lowest BCUT2D eigenvalue weighted by atomic mass is 9.65. The minimum Gasteiger partial charge on any atom is -0.450 e. The molecule has 4 heteroatoms. The highest BCUT2D eigenvalue weighted by Gasteiger charge is 2.41. The van der Waals surface area contributed by atoms with E-state index in [1.54, 1.807) is 6.92 Å². The van der Waals surface area contributed by atoms with Gasteiger partial charge in [-0.05, 0) is 49.9 Å². The van der Waals surface area contributed by atoms with E-state index < -0.39 is 6.16 Å². The van der Waals surface area contributed by atoms with E-state index in [-0.39, 0.29) is 17.6 Å². The highest BCUT2D eigenvalue weighted by atomic mass is 16.7. The predicted molar refractivity (Wildman–Crippen MR) is 69.5 cm³/mol. The Morgan fingerprint density at radius 3 is 2.50 bits per heavy atom. The van der Waals surface area contributed by atoms with Crippen molar-refractivity contribution in [3.05, 3.63) is 0 Å². The molecular weight excluding hydrogens is 232 g/mol. The van der Waals surface area contributed by atoms with Gasteiger partial charge >= 0.3 is 6.16 Å². The fourth-order valence-corrected chi connectivity index (χ4v) is 3.36. The zero-order valence-electron chi connectivity index (χ0n) is 11.8. The van der Waals surface area contributed by atoms with Crippen molar-refractivity contribution < 1.29 is 19.7 Å². The van der Waals surface area contributed by atoms with Crippen molar-refractivity contribution in [2.75, 3.05) is 0 Å². The summed E-state index contributed by atoms with van der Waals surface area (Å²) >= 11 is 0. The summed E-state index contributed by atoms with van der Waals surface area (Å²) < 4.78 is 5.08. The van der Waals surface area contributed by atoms with Crippen LogP contribution in [0, 0.1) is 17.3 Å². The second-order valence-electron chi connectivity index (χ2n) is 6.44. The lowest BCUT2D eigenvalue weighted by molar-refractivity contribution is -0.0506. The third kappa shape index (κ3) is 4.16. The first-order valence-electron chi connectivity index (χ1n) is 6.81. The number of hydrogen-bond acceptors (Lipinski definition) is 3. The molecule has 1 aliphatic carbocycles. The van der Waals surface area contributed by atoms with Gasteiger partial charge in [-0.1, -0.05) is 20.8 Å². The number of aliphatic hydroxyl groups excluding tert-OH is 1. The van der Waals surface area contributed by atoms with Crippen LogP contribution in [0.1, 0.15) is 53.4 Å². The van der Waals surface area contributed by atoms with Crippen molar-refractivity contribution in [1.29, 1.82) is 0 Å². The van der Waals surface area contributed by atoms with Crippen LogP contribution in [0.15, 0.2) is 0 Å². The van der Waals surface area contributed by atoms with Crippen LogP contribution in [0.25, 0.3) is 0 Å². The van der Waals surface area contributed by atoms with E-state index in [1.165, 1.54) is 0 Å². The summed E-state index contributed by atoms with van der Waals surface area (Å²) in [5, 5.41) is 18.4. The summed E-state index contributed by atoms with van der Waals surface area (Å²) in [6, 6.07) is 0. The largest absolute Gasteiger partial charge is 0.506 e. The van der Waals surface area contributed by atoms with E-state index in [0.29, 0.717) is 24.7 Å². The Hall–Kier alpha value is -0.770. The van der Waals surface area contributed by atoms with E-state index in [1.807, 2.05) is 0 Å². The average Bonchev–Trinajstić information content (AvgIpc) is 2.13. The molecule has 0 bridgehead atoms. The van der Waals surface area contributed by atoms with Gasteiger partial charge in [0.1, 0.15) is 6.10 Å². The molecule has 0 aliphatic heterocycles. The molecule has 2 N–H and O–H groups in total. The number of ether oxygens (including phenoxy) is 1. The lowest BCUT2D eigenvalue weighted by Gasteiger charge is -2.43. The van der Waals surface area contributed by atoms with Crippen LogP contribution >= 0.6 is 0 Å². The second-order valence-corrected chi connectivity index (χ2v) is 6.44. The van der Waals surface area contributed by atoms with Crippen molar-refractivity contribution in [2.24, 2.45) is 17.3 Å². The molecular formula is C14H26O4. The first kappa shape index (κ1) is 15.3. The zero-order chi connectivity index (χ0) is 13.9. The van der Waals surface area contributed by atoms with Gasteiger partial charge in [0, 0.05) is 0 Å². The average molecular weight is 258 g/mol. The van der Waals surface area contributed by atoms with Gasteiger partial charge in [0.15, 0.2) is 0 Å². The lowest BCUT2D eigenvalue weighted by Crippen LogP contribution is -2.41. The molecule has 1 rings (SSSR count). The van der Waals surface area contributed by atoms with E-state index >= 15 is 0 Å². The zero-order valence-corrected chi connectivity index (χ0v) is 11.8. The van der Waals surface area contributed by atoms with Crippen LogP contribution in [-0.2, 0) is 4.74 Å². The SMILES string of the molecule is CC(O)CC1(C)CCC(C(C)C)C(OC(=O)O)C1. The Morgan fingerprint density at radius 1 is 1.44 bits per heavy atom. The summed E-state index contributed by atoms with van der Waals surface area (Å²) in [6.07, 6.45) is 1.65. The van der Waals surface area contributed by atoms with E-state index in [4.69, 9.17) is 9.84 Å². The molecule has 1 fully saturated rings. The van der Waals surface area contributed by atoms with Crippen LogP contribution in [-0.4, -0.2) is 28.6 Å². The summed E-state index contributed by atoms with van der Waals surface area (Å²) in [7, 11) is 0. The normalized spacial score (nSPS) is 34.3. The van der Waals surface area contributed by atoms with Gasteiger partial charge in [-0.25, -0.2) is 4.79 Å². The summed E-state index contributed by atoms with van der Waals surface area (Å²) in [5.41, 5.74) is -0.0142. The maximum atomic E-state index is 10.8. The molecule has 1 saturated carbocycles. The molecule has 0 amide bonds. The Bertz CT molecular complexity index is 288. The topological polar surface area (TPSA) is 66.8 Å². The van der Waals surface area contributed by atoms with Gasteiger partial charge in [0.25, 0.3) is 0 Å². The molecule has 0 heterocycles. The smallest absolute Gasteiger partial charge is 0.450 e. The molecule has 0 aromatic carbocycles. The fourth-order valence-electron chi connectivity index (χ4n) is 3.36. The van der Waals surface area contributed by atoms with Gasteiger partial charge in [0.2, 0.25) is 0 Å². The molecule has 0 aromatic rings. The van der Waals surface area contributed by atoms with Crippen molar-refractivity contribution in [3.63, 3.8) is 0 Å². The third-order valence-electron chi connectivity index (χ3n) is 4.15. The van der Waals surface area contributed by atoms with Crippen LogP contribution in [0.2, 0.25) is 0 Å². The molecule has 4 nitrogen and oxygen atoms in total. The predicted octanol–water partition coefficient (Wildman–Crippen LogP) is 3.28. The number of hydrogen-bond donors (Lipinski definition) is 2. The molecule has 18 heavy (non-hydrogen) atoms. The van der Waals surface area contributed by atoms with Gasteiger partial charge in [-0.3, -0.25) is 0 Å². The van der Waals surface area contributed by atoms with E-state index in [0.717, 1.165) is 12.8 Å². The van der Waals surface area contributed by atoms with Gasteiger partial charge in [0.05, 0.1) is 6.10 Å². The van der Waals surface area contributed by atoms with E-state index in [9.17, 15) is 9.90 Å². The minimum atomic E-state index is -1.19. The standard InChI is InChI=1S/C14H26O4/c1-9(2)11-5-6-14(4,7-10(3)15)8-12(11)18-13(16)17/h9-12,15H,5-8H2,1-4H3,(H,16,17). The molecule has 4 atom stereocenters. The van der Waals surface area contributed by atoms with Gasteiger partial charge < -0.3 is 14.9 Å². The van der Waals surface area contributed by atoms with E-state index in [2.05, 4.69) is 20.8 Å². The monoisotopic (exact) mass is 258 g/mol. The Labute approximate surface area is 109 Å². The Kier molecular flexibility index (Phi) is 5.02. The highest BCUT2D eigenvalue weighted by molar-refractivity contribution is 5.57. The number of aliphatic hydroxyl groups is 1. The second kappa shape index (κ2) is 5.91. The first-order valence-corrected chi connectivity index (χ1v) is 6.81. The summed E-state index contributed by atoms with van der Waals surface area (Å²) in [6.45, 7) is 8.13. The molecule has 0 radical (unpaired) electrons. The first-order chi connectivity index (χ1) is 8.23. The van der Waals surface area contributed by atoms with Crippen LogP contribution in [0.3, 0.4) is 0 Å². The molecule has 0 saturated heterocycles. The molecule has 0 aromatic heterocycles. The number of carboxylic acid groups (broad SMARTS) is 1. The van der Waals surface area contributed by atoms with Crippen molar-refractivity contribution in [2.45, 2.75) is 65.6 Å². The molecule has 4 unspecified atom stereocenters. The molecule has 0 spiro atoms. The van der Waals surface area contributed by atoms with Crippen LogP contribution in [0.4, 0.5) is 4.79 Å². The minimum absolute atomic E-state index is 0.0142. The Balaban J connectivity index is 2.75. The maximum absolute atomic E-state index is 10.8. The number of carbonyl (C=O) groups is 1. The quantitative estimate of drug-likeness (QED) is 0.759. The van der Waals surface area contributed by atoms with Gasteiger partial charge in [-0.15, -0.1) is 0 Å². The maximum Gasteiger partial charge on any atom is 0.506 e. The number of rotatable bonds is 4. The molecule has 1 aliphatic rings. The Morgan fingerprint density at radius 2 is 2.06 bits per heavy atom. The molecule has 106 valence electrons. The van der Waals surface area contributed by atoms with Crippen molar-refractivity contribution >= 4 is 6.16 Å². The fraction of sp³-hybridized carbons (Fsp3) is 0.929. The van der Waals surface area contributed by atoms with Crippen LogP contribution in [0.5, 0.6) is 0 Å². The van der Waals surface area contributed by atoms with Crippen molar-refractivity contribution in [1.82, 2.24) is 0 Å². The third-order valence-corrected chi connectivity index (χ3v) is 4.15. The highest BCUT2D eigenvalue weighted by Crippen LogP contribution is 2.45.